The summed E-state index contributed by atoms with van der Waals surface area (Å²) in [6.45, 7) is 8.79. The molecule has 0 spiro atoms. The van der Waals surface area contributed by atoms with Crippen LogP contribution in [0, 0.1) is 5.92 Å². The molecular formula is C23H26N2O2. The zero-order chi connectivity index (χ0) is 19.6. The molecule has 4 nitrogen and oxygen atoms in total. The zero-order valence-electron chi connectivity index (χ0n) is 15.8. The highest BCUT2D eigenvalue weighted by molar-refractivity contribution is 6.22. The molecule has 1 saturated heterocycles. The molecule has 3 rings (SSSR count). The van der Waals surface area contributed by atoms with E-state index in [1.807, 2.05) is 60.7 Å². The summed E-state index contributed by atoms with van der Waals surface area (Å²) in [4.78, 5) is 25.7. The number of anilines is 2. The van der Waals surface area contributed by atoms with Crippen LogP contribution in [-0.4, -0.2) is 11.8 Å². The fraction of sp³-hybridized carbons (Fsp3) is 0.217. The van der Waals surface area contributed by atoms with Gasteiger partial charge in [0, 0.05) is 0 Å². The van der Waals surface area contributed by atoms with Gasteiger partial charge < -0.3 is 0 Å². The van der Waals surface area contributed by atoms with Gasteiger partial charge in [-0.05, 0) is 30.7 Å². The number of unbranched alkanes of at least 4 members (excludes halogenated alkanes) is 1. The molecule has 0 N–H and O–H groups in total. The molecule has 0 unspecified atom stereocenters. The lowest BCUT2D eigenvalue weighted by Gasteiger charge is -2.27. The van der Waals surface area contributed by atoms with Crippen LogP contribution in [0.3, 0.4) is 0 Å². The summed E-state index contributed by atoms with van der Waals surface area (Å²) in [5.74, 6) is -0.868. The maximum Gasteiger partial charge on any atom is 0.258 e. The number of para-hydroxylation sites is 2. The Bertz CT molecular complexity index is 708. The van der Waals surface area contributed by atoms with Gasteiger partial charge in [0.2, 0.25) is 0 Å². The van der Waals surface area contributed by atoms with Crippen molar-refractivity contribution in [2.75, 3.05) is 10.0 Å². The fourth-order valence-corrected chi connectivity index (χ4v) is 2.88. The second-order valence-corrected chi connectivity index (χ2v) is 6.14. The van der Waals surface area contributed by atoms with Gasteiger partial charge in [0.25, 0.3) is 11.8 Å². The molecule has 1 aliphatic heterocycles. The van der Waals surface area contributed by atoms with Gasteiger partial charge in [-0.25, -0.2) is 10.0 Å². The van der Waals surface area contributed by atoms with Crippen molar-refractivity contribution < 1.29 is 9.59 Å². The monoisotopic (exact) mass is 362 g/mol. The molecule has 1 aliphatic rings. The van der Waals surface area contributed by atoms with Gasteiger partial charge in [0.15, 0.2) is 0 Å². The van der Waals surface area contributed by atoms with Crippen LogP contribution in [0.15, 0.2) is 86.0 Å². The summed E-state index contributed by atoms with van der Waals surface area (Å²) in [5, 5.41) is 3.02. The summed E-state index contributed by atoms with van der Waals surface area (Å²) >= 11 is 0. The lowest BCUT2D eigenvalue weighted by molar-refractivity contribution is -0.127. The SMILES string of the molecule is C=CC=C.CCCCC1C(=O)N(c2ccccc2)N(c2ccccc2)C1=O. The number of rotatable bonds is 6. The Hall–Kier alpha value is -3.14. The number of carbonyl (C=O) groups excluding carboxylic acids is 2. The second kappa shape index (κ2) is 10.1. The van der Waals surface area contributed by atoms with Crippen LogP contribution < -0.4 is 10.0 Å². The third-order valence-electron chi connectivity index (χ3n) is 4.23. The van der Waals surface area contributed by atoms with Gasteiger partial charge in [-0.3, -0.25) is 9.59 Å². The van der Waals surface area contributed by atoms with Crippen LogP contribution in [0.2, 0.25) is 0 Å². The van der Waals surface area contributed by atoms with E-state index in [-0.39, 0.29) is 11.8 Å². The van der Waals surface area contributed by atoms with Crippen LogP contribution in [0.5, 0.6) is 0 Å². The van der Waals surface area contributed by atoms with Crippen LogP contribution in [0.4, 0.5) is 11.4 Å². The van der Waals surface area contributed by atoms with E-state index in [4.69, 9.17) is 0 Å². The van der Waals surface area contributed by atoms with Crippen LogP contribution in [0.1, 0.15) is 26.2 Å². The summed E-state index contributed by atoms with van der Waals surface area (Å²) in [6.07, 6.45) is 5.71. The Kier molecular flexibility index (Phi) is 7.56. The van der Waals surface area contributed by atoms with Gasteiger partial charge >= 0.3 is 0 Å². The van der Waals surface area contributed by atoms with E-state index in [1.165, 1.54) is 10.0 Å². The van der Waals surface area contributed by atoms with E-state index in [0.717, 1.165) is 12.8 Å². The third kappa shape index (κ3) is 4.73. The summed E-state index contributed by atoms with van der Waals surface area (Å²) in [5.41, 5.74) is 1.43. The smallest absolute Gasteiger partial charge is 0.258 e. The lowest BCUT2D eigenvalue weighted by atomic mass is 10.0. The normalized spacial score (nSPS) is 14.0. The van der Waals surface area contributed by atoms with Gasteiger partial charge in [0.1, 0.15) is 5.92 Å². The number of benzene rings is 2. The van der Waals surface area contributed by atoms with E-state index < -0.39 is 5.92 Å². The molecule has 0 radical (unpaired) electrons. The van der Waals surface area contributed by atoms with Crippen molar-refractivity contribution in [3.63, 3.8) is 0 Å². The molecule has 2 aromatic rings. The Balaban J connectivity index is 0.000000596. The summed E-state index contributed by atoms with van der Waals surface area (Å²) < 4.78 is 0. The molecule has 0 bridgehead atoms. The van der Waals surface area contributed by atoms with Crippen molar-refractivity contribution in [3.8, 4) is 0 Å². The fourth-order valence-electron chi connectivity index (χ4n) is 2.88. The predicted octanol–water partition coefficient (Wildman–Crippen LogP) is 5.15. The molecule has 0 saturated carbocycles. The van der Waals surface area contributed by atoms with Crippen LogP contribution in [0.25, 0.3) is 0 Å². The Labute approximate surface area is 161 Å². The summed E-state index contributed by atoms with van der Waals surface area (Å²) in [6, 6.07) is 18.7. The molecule has 140 valence electrons. The zero-order valence-corrected chi connectivity index (χ0v) is 15.8. The maximum atomic E-state index is 12.9. The first-order valence-electron chi connectivity index (χ1n) is 9.17. The third-order valence-corrected chi connectivity index (χ3v) is 4.23. The predicted molar refractivity (Wildman–Crippen MR) is 111 cm³/mol. The molecule has 2 aromatic carbocycles. The van der Waals surface area contributed by atoms with E-state index in [9.17, 15) is 9.59 Å². The number of nitrogens with zero attached hydrogens (tertiary/aromatic N) is 2. The molecule has 0 atom stereocenters. The average Bonchev–Trinajstić information content (AvgIpc) is 2.97. The lowest BCUT2D eigenvalue weighted by Crippen LogP contribution is -2.41. The first-order valence-corrected chi connectivity index (χ1v) is 9.17. The van der Waals surface area contributed by atoms with Crippen molar-refractivity contribution in [1.29, 1.82) is 0 Å². The topological polar surface area (TPSA) is 40.6 Å². The quantitative estimate of drug-likeness (QED) is 0.527. The van der Waals surface area contributed by atoms with E-state index in [1.54, 1.807) is 12.2 Å². The van der Waals surface area contributed by atoms with Crippen LogP contribution in [-0.2, 0) is 9.59 Å². The molecule has 27 heavy (non-hydrogen) atoms. The Morgan fingerprint density at radius 3 is 1.56 bits per heavy atom. The standard InChI is InChI=1S/C19H20N2O2.C4H6/c1-2-3-14-17-18(22)20(15-10-6-4-7-11-15)21(19(17)23)16-12-8-5-9-13-16;1-3-4-2/h4-13,17H,2-3,14H2,1H3;3-4H,1-2H2. The molecule has 0 aliphatic carbocycles. The molecule has 4 heteroatoms. The molecule has 1 fully saturated rings. The van der Waals surface area contributed by atoms with Crippen molar-refractivity contribution >= 4 is 23.2 Å². The van der Waals surface area contributed by atoms with E-state index in [0.29, 0.717) is 17.8 Å². The Morgan fingerprint density at radius 1 is 0.815 bits per heavy atom. The number of hydrogen-bond acceptors (Lipinski definition) is 2. The summed E-state index contributed by atoms with van der Waals surface area (Å²) in [7, 11) is 0. The highest BCUT2D eigenvalue weighted by Gasteiger charge is 2.46. The first kappa shape index (κ1) is 20.2. The van der Waals surface area contributed by atoms with Crippen molar-refractivity contribution in [2.45, 2.75) is 26.2 Å². The number of hydrogen-bond donors (Lipinski definition) is 0. The Morgan fingerprint density at radius 2 is 1.22 bits per heavy atom. The van der Waals surface area contributed by atoms with Gasteiger partial charge in [-0.1, -0.05) is 81.5 Å². The molecular weight excluding hydrogens is 336 g/mol. The minimum atomic E-state index is -0.588. The van der Waals surface area contributed by atoms with Crippen molar-refractivity contribution in [2.24, 2.45) is 5.92 Å². The van der Waals surface area contributed by atoms with Crippen LogP contribution >= 0.6 is 0 Å². The first-order chi connectivity index (χ1) is 13.2. The van der Waals surface area contributed by atoms with Crippen molar-refractivity contribution in [3.05, 3.63) is 86.0 Å². The van der Waals surface area contributed by atoms with Gasteiger partial charge in [0.05, 0.1) is 11.4 Å². The van der Waals surface area contributed by atoms with E-state index >= 15 is 0 Å². The largest absolute Gasteiger partial charge is 0.272 e. The number of hydrazine groups is 1. The molecule has 2 amide bonds. The van der Waals surface area contributed by atoms with Gasteiger partial charge in [-0.15, -0.1) is 0 Å². The number of carbonyl (C=O) groups is 2. The second-order valence-electron chi connectivity index (χ2n) is 6.14. The highest BCUT2D eigenvalue weighted by atomic mass is 16.2. The maximum absolute atomic E-state index is 12.9. The van der Waals surface area contributed by atoms with E-state index in [2.05, 4.69) is 20.1 Å². The van der Waals surface area contributed by atoms with Crippen molar-refractivity contribution in [1.82, 2.24) is 0 Å². The average molecular weight is 362 g/mol. The minimum absolute atomic E-state index is 0.140. The van der Waals surface area contributed by atoms with Gasteiger partial charge in [-0.2, -0.15) is 0 Å². The highest BCUT2D eigenvalue weighted by Crippen LogP contribution is 2.33. The minimum Gasteiger partial charge on any atom is -0.272 e. The number of allylic oxidation sites excluding steroid dienone is 2. The molecule has 0 aromatic heterocycles. The number of amides is 2. The molecule has 1 heterocycles.